The molecule has 1 aliphatic carbocycles. The Morgan fingerprint density at radius 1 is 1.35 bits per heavy atom. The van der Waals surface area contributed by atoms with E-state index in [-0.39, 0.29) is 10.9 Å². The van der Waals surface area contributed by atoms with Crippen molar-refractivity contribution in [2.45, 2.75) is 18.9 Å². The van der Waals surface area contributed by atoms with E-state index in [1.165, 1.54) is 6.20 Å². The molecule has 1 fully saturated rings. The molecule has 7 heteroatoms. The molecule has 2 aromatic rings. The van der Waals surface area contributed by atoms with Crippen LogP contribution in [0.1, 0.15) is 23.2 Å². The maximum Gasteiger partial charge on any atom is 0.259 e. The van der Waals surface area contributed by atoms with E-state index in [2.05, 4.69) is 20.8 Å². The van der Waals surface area contributed by atoms with Crippen LogP contribution < -0.4 is 10.6 Å². The van der Waals surface area contributed by atoms with Gasteiger partial charge in [-0.25, -0.2) is 4.98 Å². The predicted octanol–water partition coefficient (Wildman–Crippen LogP) is 3.37. The lowest BCUT2D eigenvalue weighted by Crippen LogP contribution is -2.15. The predicted molar refractivity (Wildman–Crippen MR) is 78.6 cm³/mol. The van der Waals surface area contributed by atoms with Crippen molar-refractivity contribution in [2.24, 2.45) is 5.18 Å². The zero-order chi connectivity index (χ0) is 13.9. The molecule has 1 aromatic carbocycles. The number of rotatable bonds is 5. The Morgan fingerprint density at radius 2 is 2.15 bits per heavy atom. The Hall–Kier alpha value is -2.28. The van der Waals surface area contributed by atoms with E-state index in [0.717, 1.165) is 29.9 Å². The maximum absolute atomic E-state index is 12.2. The van der Waals surface area contributed by atoms with Gasteiger partial charge in [-0.1, -0.05) is 23.5 Å². The van der Waals surface area contributed by atoms with Crippen LogP contribution in [-0.4, -0.2) is 16.9 Å². The minimum absolute atomic E-state index is 0.240. The van der Waals surface area contributed by atoms with E-state index in [1.807, 2.05) is 18.2 Å². The first-order valence-corrected chi connectivity index (χ1v) is 7.04. The number of benzene rings is 1. The van der Waals surface area contributed by atoms with Gasteiger partial charge < -0.3 is 5.32 Å². The van der Waals surface area contributed by atoms with Crippen LogP contribution in [0.5, 0.6) is 0 Å². The molecule has 1 amide bonds. The number of carbonyl (C=O) groups is 1. The number of para-hydroxylation sites is 1. The molecule has 0 aliphatic heterocycles. The van der Waals surface area contributed by atoms with Crippen molar-refractivity contribution < 1.29 is 4.79 Å². The van der Waals surface area contributed by atoms with Gasteiger partial charge in [0.2, 0.25) is 0 Å². The zero-order valence-corrected chi connectivity index (χ0v) is 11.3. The highest BCUT2D eigenvalue weighted by Crippen LogP contribution is 2.29. The molecule has 1 heterocycles. The lowest BCUT2D eigenvalue weighted by molar-refractivity contribution is 0.102. The van der Waals surface area contributed by atoms with E-state index >= 15 is 0 Å². The Balaban J connectivity index is 1.77. The fourth-order valence-corrected chi connectivity index (χ4v) is 2.37. The van der Waals surface area contributed by atoms with E-state index in [9.17, 15) is 9.70 Å². The van der Waals surface area contributed by atoms with Crippen LogP contribution >= 0.6 is 11.3 Å². The Bertz CT molecular complexity index is 651. The average molecular weight is 288 g/mol. The highest BCUT2D eigenvalue weighted by atomic mass is 32.1. The first kappa shape index (κ1) is 12.7. The summed E-state index contributed by atoms with van der Waals surface area (Å²) in [5.74, 6) is -0.249. The summed E-state index contributed by atoms with van der Waals surface area (Å²) in [6.07, 6.45) is 3.61. The summed E-state index contributed by atoms with van der Waals surface area (Å²) in [6, 6.07) is 7.81. The van der Waals surface area contributed by atoms with Crippen LogP contribution in [0, 0.1) is 4.91 Å². The van der Waals surface area contributed by atoms with Gasteiger partial charge >= 0.3 is 0 Å². The third-order valence-corrected chi connectivity index (χ3v) is 3.70. The van der Waals surface area contributed by atoms with Gasteiger partial charge in [0.1, 0.15) is 0 Å². The molecule has 1 aromatic heterocycles. The fourth-order valence-electron chi connectivity index (χ4n) is 1.78. The smallest absolute Gasteiger partial charge is 0.259 e. The van der Waals surface area contributed by atoms with Gasteiger partial charge in [-0.3, -0.25) is 10.1 Å². The van der Waals surface area contributed by atoms with Crippen molar-refractivity contribution in [3.05, 3.63) is 40.9 Å². The maximum atomic E-state index is 12.2. The van der Waals surface area contributed by atoms with Crippen molar-refractivity contribution in [3.8, 4) is 0 Å². The second kappa shape index (κ2) is 5.38. The van der Waals surface area contributed by atoms with Gasteiger partial charge in [-0.2, -0.15) is 0 Å². The van der Waals surface area contributed by atoms with E-state index in [4.69, 9.17) is 0 Å². The van der Waals surface area contributed by atoms with Gasteiger partial charge in [-0.05, 0) is 30.2 Å². The van der Waals surface area contributed by atoms with Crippen molar-refractivity contribution >= 4 is 33.1 Å². The Kier molecular flexibility index (Phi) is 3.42. The molecule has 102 valence electrons. The molecular weight excluding hydrogens is 276 g/mol. The largest absolute Gasteiger partial charge is 0.382 e. The summed E-state index contributed by atoms with van der Waals surface area (Å²) >= 11 is 1.05. The third-order valence-electron chi connectivity index (χ3n) is 2.91. The number of hydrogen-bond donors (Lipinski definition) is 2. The molecule has 0 unspecified atom stereocenters. The number of aromatic nitrogens is 1. The van der Waals surface area contributed by atoms with Crippen LogP contribution in [0.15, 0.2) is 35.6 Å². The van der Waals surface area contributed by atoms with E-state index in [1.54, 1.807) is 6.07 Å². The normalized spacial score (nSPS) is 13.8. The summed E-state index contributed by atoms with van der Waals surface area (Å²) in [4.78, 5) is 26.5. The molecule has 2 N–H and O–H groups in total. The first-order valence-electron chi connectivity index (χ1n) is 6.22. The number of nitrogens with zero attached hydrogens (tertiary/aromatic N) is 2. The van der Waals surface area contributed by atoms with Crippen LogP contribution in [0.3, 0.4) is 0 Å². The standard InChI is InChI=1S/C13H12N4O2S/c18-12(16-13-14-7-11(17-19)20-13)9-3-1-2-4-10(9)15-8-5-6-8/h1-4,7-8,15H,5-6H2,(H,14,16,18). The molecule has 0 atom stereocenters. The molecule has 0 bridgehead atoms. The number of carbonyl (C=O) groups excluding carboxylic acids is 1. The lowest BCUT2D eigenvalue weighted by atomic mass is 10.1. The van der Waals surface area contributed by atoms with Crippen LogP contribution in [-0.2, 0) is 0 Å². The Morgan fingerprint density at radius 3 is 2.85 bits per heavy atom. The number of nitroso groups, excluding NO2 is 1. The van der Waals surface area contributed by atoms with Crippen molar-refractivity contribution in [2.75, 3.05) is 10.6 Å². The molecule has 1 aliphatic rings. The molecule has 1 saturated carbocycles. The molecule has 20 heavy (non-hydrogen) atoms. The number of anilines is 2. The summed E-state index contributed by atoms with van der Waals surface area (Å²) in [5.41, 5.74) is 1.38. The van der Waals surface area contributed by atoms with E-state index < -0.39 is 0 Å². The Labute approximate surface area is 119 Å². The van der Waals surface area contributed by atoms with Crippen LogP contribution in [0.4, 0.5) is 15.8 Å². The summed E-state index contributed by atoms with van der Waals surface area (Å²) in [7, 11) is 0. The molecule has 6 nitrogen and oxygen atoms in total. The van der Waals surface area contributed by atoms with E-state index in [0.29, 0.717) is 16.7 Å². The SMILES string of the molecule is O=Nc1cnc(NC(=O)c2ccccc2NC2CC2)s1. The second-order valence-electron chi connectivity index (χ2n) is 4.51. The summed E-state index contributed by atoms with van der Waals surface area (Å²) in [6.45, 7) is 0. The van der Waals surface area contributed by atoms with Gasteiger partial charge in [0.05, 0.1) is 11.8 Å². The zero-order valence-electron chi connectivity index (χ0n) is 10.5. The number of nitrogens with one attached hydrogen (secondary N) is 2. The monoisotopic (exact) mass is 288 g/mol. The van der Waals surface area contributed by atoms with Crippen LogP contribution in [0.2, 0.25) is 0 Å². The molecule has 3 rings (SSSR count). The second-order valence-corrected chi connectivity index (χ2v) is 5.52. The lowest BCUT2D eigenvalue weighted by Gasteiger charge is -2.10. The fraction of sp³-hybridized carbons (Fsp3) is 0.231. The van der Waals surface area contributed by atoms with Gasteiger partial charge in [0.15, 0.2) is 10.1 Å². The molecule has 0 saturated heterocycles. The van der Waals surface area contributed by atoms with Crippen LogP contribution in [0.25, 0.3) is 0 Å². The topological polar surface area (TPSA) is 83.5 Å². The third kappa shape index (κ3) is 2.83. The van der Waals surface area contributed by atoms with Gasteiger partial charge in [0.25, 0.3) is 5.91 Å². The highest BCUT2D eigenvalue weighted by molar-refractivity contribution is 7.19. The highest BCUT2D eigenvalue weighted by Gasteiger charge is 2.23. The van der Waals surface area contributed by atoms with Crippen molar-refractivity contribution in [3.63, 3.8) is 0 Å². The summed E-state index contributed by atoms with van der Waals surface area (Å²) in [5, 5.41) is 9.38. The summed E-state index contributed by atoms with van der Waals surface area (Å²) < 4.78 is 0. The van der Waals surface area contributed by atoms with Crippen molar-refractivity contribution in [1.29, 1.82) is 0 Å². The number of hydrogen-bond acceptors (Lipinski definition) is 6. The average Bonchev–Trinajstić information content (AvgIpc) is 3.16. The number of amides is 1. The molecule has 0 spiro atoms. The molecular formula is C13H12N4O2S. The van der Waals surface area contributed by atoms with Crippen molar-refractivity contribution in [1.82, 2.24) is 4.98 Å². The van der Waals surface area contributed by atoms with Gasteiger partial charge in [0, 0.05) is 11.7 Å². The molecule has 0 radical (unpaired) electrons. The number of thiazole rings is 1. The minimum Gasteiger partial charge on any atom is -0.382 e. The minimum atomic E-state index is -0.249. The quantitative estimate of drug-likeness (QED) is 0.826. The first-order chi connectivity index (χ1) is 9.76. The van der Waals surface area contributed by atoms with Gasteiger partial charge in [-0.15, -0.1) is 4.91 Å².